The average molecular weight is 310 g/mol. The van der Waals surface area contributed by atoms with Crippen LogP contribution in [0.3, 0.4) is 0 Å². The number of rotatable bonds is 3. The van der Waals surface area contributed by atoms with E-state index in [1.165, 1.54) is 12.1 Å². The SMILES string of the molecule is N#Cc1c(C=O)n(S(=O)(=O)c2ccccc2)c2ccccc12. The Balaban J connectivity index is 2.47. The van der Waals surface area contributed by atoms with E-state index in [9.17, 15) is 18.5 Å². The zero-order valence-electron chi connectivity index (χ0n) is 11.3. The zero-order valence-corrected chi connectivity index (χ0v) is 12.1. The Labute approximate surface area is 127 Å². The molecule has 0 spiro atoms. The Kier molecular flexibility index (Phi) is 3.28. The number of nitrogens with zero attached hydrogens (tertiary/aromatic N) is 2. The van der Waals surface area contributed by atoms with Crippen LogP contribution in [0.5, 0.6) is 0 Å². The monoisotopic (exact) mass is 310 g/mol. The number of carbonyl (C=O) groups is 1. The number of aromatic nitrogens is 1. The van der Waals surface area contributed by atoms with Gasteiger partial charge in [-0.05, 0) is 18.2 Å². The fourth-order valence-electron chi connectivity index (χ4n) is 2.41. The first-order valence-electron chi connectivity index (χ1n) is 6.40. The number of benzene rings is 2. The normalized spacial score (nSPS) is 11.2. The van der Waals surface area contributed by atoms with E-state index >= 15 is 0 Å². The molecule has 108 valence electrons. The molecular weight excluding hydrogens is 300 g/mol. The van der Waals surface area contributed by atoms with Crippen LogP contribution in [-0.2, 0) is 10.0 Å². The number of nitriles is 1. The van der Waals surface area contributed by atoms with Crippen LogP contribution < -0.4 is 0 Å². The maximum atomic E-state index is 12.9. The molecular formula is C16H10N2O3S. The molecule has 0 aliphatic heterocycles. The summed E-state index contributed by atoms with van der Waals surface area (Å²) in [6, 6.07) is 16.3. The largest absolute Gasteiger partial charge is 0.296 e. The molecule has 0 bridgehead atoms. The maximum absolute atomic E-state index is 12.9. The van der Waals surface area contributed by atoms with Gasteiger partial charge in [0.05, 0.1) is 16.0 Å². The van der Waals surface area contributed by atoms with Gasteiger partial charge in [-0.15, -0.1) is 0 Å². The molecule has 0 aliphatic rings. The number of aldehydes is 1. The van der Waals surface area contributed by atoms with E-state index < -0.39 is 10.0 Å². The zero-order chi connectivity index (χ0) is 15.7. The van der Waals surface area contributed by atoms with Crippen LogP contribution in [0.1, 0.15) is 16.1 Å². The summed E-state index contributed by atoms with van der Waals surface area (Å²) in [6.07, 6.45) is 0.402. The second-order valence-corrected chi connectivity index (χ2v) is 6.38. The molecule has 1 aromatic heterocycles. The maximum Gasteiger partial charge on any atom is 0.268 e. The van der Waals surface area contributed by atoms with Crippen LogP contribution in [-0.4, -0.2) is 18.7 Å². The lowest BCUT2D eigenvalue weighted by atomic mass is 10.1. The summed E-state index contributed by atoms with van der Waals surface area (Å²) in [5, 5.41) is 9.72. The third-order valence-corrected chi connectivity index (χ3v) is 5.11. The number of hydrogen-bond acceptors (Lipinski definition) is 4. The van der Waals surface area contributed by atoms with Crippen LogP contribution in [0.4, 0.5) is 0 Å². The minimum Gasteiger partial charge on any atom is -0.296 e. The van der Waals surface area contributed by atoms with Gasteiger partial charge >= 0.3 is 0 Å². The van der Waals surface area contributed by atoms with Gasteiger partial charge in [0.2, 0.25) is 0 Å². The predicted molar refractivity (Wildman–Crippen MR) is 81.1 cm³/mol. The minimum absolute atomic E-state index is 0.0587. The van der Waals surface area contributed by atoms with E-state index in [0.717, 1.165) is 3.97 Å². The van der Waals surface area contributed by atoms with E-state index in [0.29, 0.717) is 17.2 Å². The molecule has 5 nitrogen and oxygen atoms in total. The van der Waals surface area contributed by atoms with Gasteiger partial charge in [0.25, 0.3) is 10.0 Å². The molecule has 0 saturated carbocycles. The highest BCUT2D eigenvalue weighted by molar-refractivity contribution is 7.90. The van der Waals surface area contributed by atoms with Crippen LogP contribution in [0.15, 0.2) is 59.5 Å². The van der Waals surface area contributed by atoms with Crippen molar-refractivity contribution < 1.29 is 13.2 Å². The number of fused-ring (bicyclic) bond motifs is 1. The fraction of sp³-hybridized carbons (Fsp3) is 0. The molecule has 2 aromatic carbocycles. The van der Waals surface area contributed by atoms with Crippen molar-refractivity contribution in [3.8, 4) is 6.07 Å². The van der Waals surface area contributed by atoms with Gasteiger partial charge in [-0.3, -0.25) is 4.79 Å². The van der Waals surface area contributed by atoms with E-state index in [-0.39, 0.29) is 16.2 Å². The average Bonchev–Trinajstić information content (AvgIpc) is 2.89. The molecule has 0 fully saturated rings. The van der Waals surface area contributed by atoms with Crippen molar-refractivity contribution in [1.82, 2.24) is 3.97 Å². The highest BCUT2D eigenvalue weighted by atomic mass is 32.2. The molecule has 6 heteroatoms. The Morgan fingerprint density at radius 3 is 2.27 bits per heavy atom. The fourth-order valence-corrected chi connectivity index (χ4v) is 3.94. The molecule has 3 rings (SSSR count). The van der Waals surface area contributed by atoms with Crippen LogP contribution in [0.25, 0.3) is 10.9 Å². The summed E-state index contributed by atoms with van der Waals surface area (Å²) in [4.78, 5) is 11.5. The van der Waals surface area contributed by atoms with Crippen molar-refractivity contribution in [3.63, 3.8) is 0 Å². The minimum atomic E-state index is -3.96. The molecule has 0 amide bonds. The van der Waals surface area contributed by atoms with Crippen molar-refractivity contribution in [2.45, 2.75) is 4.90 Å². The van der Waals surface area contributed by atoms with Crippen molar-refractivity contribution in [2.24, 2.45) is 0 Å². The first-order valence-corrected chi connectivity index (χ1v) is 7.84. The van der Waals surface area contributed by atoms with Gasteiger partial charge in [0.15, 0.2) is 6.29 Å². The Bertz CT molecular complexity index is 1010. The molecule has 1 heterocycles. The summed E-state index contributed by atoms with van der Waals surface area (Å²) in [6.45, 7) is 0. The van der Waals surface area contributed by atoms with Gasteiger partial charge < -0.3 is 0 Å². The highest BCUT2D eigenvalue weighted by Crippen LogP contribution is 2.28. The first kappa shape index (κ1) is 14.0. The van der Waals surface area contributed by atoms with Crippen molar-refractivity contribution in [3.05, 3.63) is 65.9 Å². The van der Waals surface area contributed by atoms with Crippen LogP contribution in [0, 0.1) is 11.3 Å². The quantitative estimate of drug-likeness (QED) is 0.696. The van der Waals surface area contributed by atoms with Gasteiger partial charge in [-0.2, -0.15) is 5.26 Å². The molecule has 0 aliphatic carbocycles. The van der Waals surface area contributed by atoms with Crippen molar-refractivity contribution >= 4 is 27.2 Å². The van der Waals surface area contributed by atoms with Gasteiger partial charge in [0.1, 0.15) is 11.8 Å². The molecule has 0 N–H and O–H groups in total. The third kappa shape index (κ3) is 1.91. The topological polar surface area (TPSA) is 79.9 Å². The summed E-state index contributed by atoms with van der Waals surface area (Å²) in [5.74, 6) is 0. The van der Waals surface area contributed by atoms with E-state index in [1.54, 1.807) is 42.5 Å². The summed E-state index contributed by atoms with van der Waals surface area (Å²) < 4.78 is 26.6. The Hall–Kier alpha value is -2.91. The molecule has 22 heavy (non-hydrogen) atoms. The van der Waals surface area contributed by atoms with E-state index in [4.69, 9.17) is 0 Å². The van der Waals surface area contributed by atoms with Gasteiger partial charge in [-0.25, -0.2) is 12.4 Å². The Morgan fingerprint density at radius 1 is 1.00 bits per heavy atom. The lowest BCUT2D eigenvalue weighted by molar-refractivity contribution is 0.111. The van der Waals surface area contributed by atoms with Gasteiger partial charge in [-0.1, -0.05) is 36.4 Å². The third-order valence-electron chi connectivity index (χ3n) is 3.37. The van der Waals surface area contributed by atoms with Crippen molar-refractivity contribution in [2.75, 3.05) is 0 Å². The molecule has 0 radical (unpaired) electrons. The number of hydrogen-bond donors (Lipinski definition) is 0. The molecule has 0 saturated heterocycles. The van der Waals surface area contributed by atoms with Crippen LogP contribution in [0.2, 0.25) is 0 Å². The standard InChI is InChI=1S/C16H10N2O3S/c17-10-14-13-8-4-5-9-15(13)18(16(14)11-19)22(20,21)12-6-2-1-3-7-12/h1-9,11H. The lowest BCUT2D eigenvalue weighted by Crippen LogP contribution is -2.15. The summed E-state index contributed by atoms with van der Waals surface area (Å²) >= 11 is 0. The second kappa shape index (κ2) is 5.13. The number of carbonyl (C=O) groups excluding carboxylic acids is 1. The van der Waals surface area contributed by atoms with Gasteiger partial charge in [0, 0.05) is 5.39 Å². The lowest BCUT2D eigenvalue weighted by Gasteiger charge is -2.09. The molecule has 0 unspecified atom stereocenters. The summed E-state index contributed by atoms with van der Waals surface area (Å²) in [5.41, 5.74) is 0.211. The summed E-state index contributed by atoms with van der Waals surface area (Å²) in [7, 11) is -3.96. The van der Waals surface area contributed by atoms with Crippen LogP contribution >= 0.6 is 0 Å². The second-order valence-electron chi connectivity index (χ2n) is 4.59. The first-order chi connectivity index (χ1) is 10.6. The molecule has 3 aromatic rings. The van der Waals surface area contributed by atoms with E-state index in [2.05, 4.69) is 0 Å². The number of para-hydroxylation sites is 1. The highest BCUT2D eigenvalue weighted by Gasteiger charge is 2.26. The molecule has 0 atom stereocenters. The van der Waals surface area contributed by atoms with E-state index in [1.807, 2.05) is 6.07 Å². The van der Waals surface area contributed by atoms with Crippen molar-refractivity contribution in [1.29, 1.82) is 5.26 Å². The Morgan fingerprint density at radius 2 is 1.64 bits per heavy atom. The smallest absolute Gasteiger partial charge is 0.268 e. The predicted octanol–water partition coefficient (Wildman–Crippen LogP) is 2.56.